The van der Waals surface area contributed by atoms with Crippen LogP contribution in [-0.2, 0) is 0 Å². The second kappa shape index (κ2) is 4.50. The van der Waals surface area contributed by atoms with Crippen molar-refractivity contribution < 1.29 is 9.47 Å². The van der Waals surface area contributed by atoms with Gasteiger partial charge < -0.3 is 15.2 Å². The van der Waals surface area contributed by atoms with Crippen molar-refractivity contribution in [1.82, 2.24) is 0 Å². The zero-order valence-corrected chi connectivity index (χ0v) is 11.2. The van der Waals surface area contributed by atoms with Crippen molar-refractivity contribution in [3.8, 4) is 11.5 Å². The molecular formula is C13H16BrNO2. The standard InChI is InChI=1S/C13H16BrNO2/c14-11-5-8(10-4-9(10)7-15)6-12-13(11)17-3-1-2-16-12/h5-6,9-10H,1-4,7,15H2. The maximum Gasteiger partial charge on any atom is 0.175 e. The van der Waals surface area contributed by atoms with E-state index in [2.05, 4.69) is 28.1 Å². The highest BCUT2D eigenvalue weighted by atomic mass is 79.9. The van der Waals surface area contributed by atoms with Crippen molar-refractivity contribution in [1.29, 1.82) is 0 Å². The third-order valence-electron chi connectivity index (χ3n) is 3.48. The number of halogens is 1. The third kappa shape index (κ3) is 2.16. The molecule has 2 aliphatic rings. The number of hydrogen-bond acceptors (Lipinski definition) is 3. The molecule has 0 amide bonds. The van der Waals surface area contributed by atoms with Gasteiger partial charge in [-0.15, -0.1) is 0 Å². The van der Waals surface area contributed by atoms with Crippen molar-refractivity contribution >= 4 is 15.9 Å². The van der Waals surface area contributed by atoms with Crippen molar-refractivity contribution in [3.05, 3.63) is 22.2 Å². The molecule has 0 spiro atoms. The molecule has 1 fully saturated rings. The van der Waals surface area contributed by atoms with Gasteiger partial charge in [-0.05, 0) is 58.4 Å². The molecule has 1 aromatic rings. The summed E-state index contributed by atoms with van der Waals surface area (Å²) in [6.45, 7) is 2.23. The summed E-state index contributed by atoms with van der Waals surface area (Å²) in [5.74, 6) is 2.96. The Kier molecular flexibility index (Phi) is 3.01. The quantitative estimate of drug-likeness (QED) is 0.913. The van der Waals surface area contributed by atoms with Crippen LogP contribution in [0.15, 0.2) is 16.6 Å². The average molecular weight is 298 g/mol. The van der Waals surface area contributed by atoms with E-state index in [9.17, 15) is 0 Å². The molecular weight excluding hydrogens is 282 g/mol. The molecule has 1 heterocycles. The summed E-state index contributed by atoms with van der Waals surface area (Å²) in [6, 6.07) is 4.26. The molecule has 1 aromatic carbocycles. The van der Waals surface area contributed by atoms with Crippen LogP contribution in [0.1, 0.15) is 24.3 Å². The fourth-order valence-electron chi connectivity index (χ4n) is 2.38. The SMILES string of the molecule is NCC1CC1c1cc(Br)c2c(c1)OCCCO2. The first-order valence-electron chi connectivity index (χ1n) is 6.08. The van der Waals surface area contributed by atoms with Gasteiger partial charge in [0.25, 0.3) is 0 Å². The fourth-order valence-corrected chi connectivity index (χ4v) is 2.96. The van der Waals surface area contributed by atoms with Crippen LogP contribution in [0.25, 0.3) is 0 Å². The lowest BCUT2D eigenvalue weighted by atomic mass is 10.1. The van der Waals surface area contributed by atoms with Crippen LogP contribution in [0.5, 0.6) is 11.5 Å². The lowest BCUT2D eigenvalue weighted by Crippen LogP contribution is -2.02. The highest BCUT2D eigenvalue weighted by Crippen LogP contribution is 2.50. The highest BCUT2D eigenvalue weighted by Gasteiger charge is 2.37. The van der Waals surface area contributed by atoms with Crippen LogP contribution in [0.4, 0.5) is 0 Å². The first-order chi connectivity index (χ1) is 8.29. The molecule has 92 valence electrons. The highest BCUT2D eigenvalue weighted by molar-refractivity contribution is 9.10. The number of fused-ring (bicyclic) bond motifs is 1. The third-order valence-corrected chi connectivity index (χ3v) is 4.07. The summed E-state index contributed by atoms with van der Waals surface area (Å²) in [7, 11) is 0. The molecule has 3 nitrogen and oxygen atoms in total. The van der Waals surface area contributed by atoms with Gasteiger partial charge in [-0.2, -0.15) is 0 Å². The summed E-state index contributed by atoms with van der Waals surface area (Å²) in [4.78, 5) is 0. The van der Waals surface area contributed by atoms with Gasteiger partial charge in [0.1, 0.15) is 0 Å². The molecule has 1 aliphatic heterocycles. The minimum atomic E-state index is 0.605. The van der Waals surface area contributed by atoms with Gasteiger partial charge in [0.15, 0.2) is 11.5 Å². The lowest BCUT2D eigenvalue weighted by molar-refractivity contribution is 0.296. The molecule has 0 radical (unpaired) electrons. The maximum atomic E-state index is 5.73. The van der Waals surface area contributed by atoms with E-state index in [0.29, 0.717) is 11.8 Å². The Morgan fingerprint density at radius 2 is 2.12 bits per heavy atom. The largest absolute Gasteiger partial charge is 0.490 e. The summed E-state index contributed by atoms with van der Waals surface area (Å²) < 4.78 is 12.4. The van der Waals surface area contributed by atoms with Gasteiger partial charge in [0, 0.05) is 6.42 Å². The van der Waals surface area contributed by atoms with Crippen LogP contribution in [0.2, 0.25) is 0 Å². The lowest BCUT2D eigenvalue weighted by Gasteiger charge is -2.11. The van der Waals surface area contributed by atoms with Crippen LogP contribution in [0, 0.1) is 5.92 Å². The van der Waals surface area contributed by atoms with Crippen molar-refractivity contribution in [2.75, 3.05) is 19.8 Å². The summed E-state index contributed by atoms with van der Waals surface area (Å²) in [5, 5.41) is 0. The Labute approximate surface area is 109 Å². The Morgan fingerprint density at radius 1 is 1.29 bits per heavy atom. The van der Waals surface area contributed by atoms with Crippen LogP contribution >= 0.6 is 15.9 Å². The molecule has 1 aliphatic carbocycles. The Bertz CT molecular complexity index is 436. The van der Waals surface area contributed by atoms with Crippen molar-refractivity contribution in [2.24, 2.45) is 11.7 Å². The number of benzene rings is 1. The summed E-state index contributed by atoms with van der Waals surface area (Å²) >= 11 is 3.57. The van der Waals surface area contributed by atoms with E-state index in [1.165, 1.54) is 12.0 Å². The number of rotatable bonds is 2. The molecule has 17 heavy (non-hydrogen) atoms. The van der Waals surface area contributed by atoms with E-state index in [-0.39, 0.29) is 0 Å². The molecule has 1 saturated carbocycles. The molecule has 2 unspecified atom stereocenters. The van der Waals surface area contributed by atoms with E-state index in [4.69, 9.17) is 15.2 Å². The average Bonchev–Trinajstić information content (AvgIpc) is 3.12. The topological polar surface area (TPSA) is 44.5 Å². The minimum absolute atomic E-state index is 0.605. The zero-order chi connectivity index (χ0) is 11.8. The Morgan fingerprint density at radius 3 is 2.88 bits per heavy atom. The fraction of sp³-hybridized carbons (Fsp3) is 0.538. The Hall–Kier alpha value is -0.740. The molecule has 2 N–H and O–H groups in total. The van der Waals surface area contributed by atoms with Gasteiger partial charge in [0.05, 0.1) is 17.7 Å². The first kappa shape index (κ1) is 11.4. The molecule has 3 rings (SSSR count). The van der Waals surface area contributed by atoms with E-state index >= 15 is 0 Å². The minimum Gasteiger partial charge on any atom is -0.490 e. The molecule has 0 bridgehead atoms. The van der Waals surface area contributed by atoms with Gasteiger partial charge in [0.2, 0.25) is 0 Å². The molecule has 0 saturated heterocycles. The van der Waals surface area contributed by atoms with Crippen LogP contribution < -0.4 is 15.2 Å². The van der Waals surface area contributed by atoms with E-state index in [0.717, 1.165) is 42.2 Å². The first-order valence-corrected chi connectivity index (χ1v) is 6.88. The van der Waals surface area contributed by atoms with Crippen molar-refractivity contribution in [2.45, 2.75) is 18.8 Å². The van der Waals surface area contributed by atoms with Gasteiger partial charge in [-0.1, -0.05) is 0 Å². The number of hydrogen-bond donors (Lipinski definition) is 1. The van der Waals surface area contributed by atoms with E-state index in [1.807, 2.05) is 0 Å². The predicted octanol–water partition coefficient (Wildman–Crippen LogP) is 2.67. The van der Waals surface area contributed by atoms with Crippen LogP contribution in [-0.4, -0.2) is 19.8 Å². The summed E-state index contributed by atoms with van der Waals surface area (Å²) in [5.41, 5.74) is 7.01. The van der Waals surface area contributed by atoms with E-state index < -0.39 is 0 Å². The number of nitrogens with two attached hydrogens (primary N) is 1. The Balaban J connectivity index is 1.92. The summed E-state index contributed by atoms with van der Waals surface area (Å²) in [6.07, 6.45) is 2.13. The smallest absolute Gasteiger partial charge is 0.175 e. The maximum absolute atomic E-state index is 5.73. The molecule has 2 atom stereocenters. The second-order valence-electron chi connectivity index (χ2n) is 4.72. The molecule has 0 aromatic heterocycles. The van der Waals surface area contributed by atoms with Gasteiger partial charge >= 0.3 is 0 Å². The second-order valence-corrected chi connectivity index (χ2v) is 5.57. The van der Waals surface area contributed by atoms with Gasteiger partial charge in [-0.25, -0.2) is 0 Å². The molecule has 4 heteroatoms. The van der Waals surface area contributed by atoms with Crippen molar-refractivity contribution in [3.63, 3.8) is 0 Å². The monoisotopic (exact) mass is 297 g/mol. The normalized spacial score (nSPS) is 26.5. The van der Waals surface area contributed by atoms with Gasteiger partial charge in [-0.3, -0.25) is 0 Å². The predicted molar refractivity (Wildman–Crippen MR) is 69.7 cm³/mol. The zero-order valence-electron chi connectivity index (χ0n) is 9.62. The van der Waals surface area contributed by atoms with E-state index in [1.54, 1.807) is 0 Å². The number of ether oxygens (including phenoxy) is 2. The van der Waals surface area contributed by atoms with Crippen LogP contribution in [0.3, 0.4) is 0 Å².